The first-order valence-corrected chi connectivity index (χ1v) is 12.8. The van der Waals surface area contributed by atoms with E-state index in [1.54, 1.807) is 12.4 Å². The lowest BCUT2D eigenvalue weighted by Gasteiger charge is -2.26. The lowest BCUT2D eigenvalue weighted by atomic mass is 10.1. The average molecular weight is 544 g/mol. The van der Waals surface area contributed by atoms with Crippen molar-refractivity contribution in [1.82, 2.24) is 20.1 Å². The lowest BCUT2D eigenvalue weighted by Crippen LogP contribution is -2.35. The van der Waals surface area contributed by atoms with E-state index in [9.17, 15) is 0 Å². The summed E-state index contributed by atoms with van der Waals surface area (Å²) in [6.07, 6.45) is 6.69. The summed E-state index contributed by atoms with van der Waals surface area (Å²) in [6.45, 7) is 6.22. The van der Waals surface area contributed by atoms with E-state index in [2.05, 4.69) is 26.1 Å². The van der Waals surface area contributed by atoms with Crippen LogP contribution in [-0.2, 0) is 11.3 Å². The van der Waals surface area contributed by atoms with E-state index in [0.29, 0.717) is 26.4 Å². The Morgan fingerprint density at radius 3 is 2.56 bits per heavy atom. The number of benzene rings is 2. The monoisotopic (exact) mass is 542 g/mol. The van der Waals surface area contributed by atoms with Crippen molar-refractivity contribution in [1.29, 1.82) is 0 Å². The Morgan fingerprint density at radius 2 is 1.81 bits per heavy atom. The Labute approximate surface area is 224 Å². The highest BCUT2D eigenvalue weighted by atomic mass is 35.5. The van der Waals surface area contributed by atoms with Crippen LogP contribution in [0, 0.1) is 0 Å². The first kappa shape index (κ1) is 25.1. The number of aromatic amines is 1. The molecular formula is C27H25Cl3N4O2. The highest BCUT2D eigenvalue weighted by molar-refractivity contribution is 6.35. The number of ether oxygens (including phenoxy) is 2. The molecular weight excluding hydrogens is 519 g/mol. The summed E-state index contributed by atoms with van der Waals surface area (Å²) in [6, 6.07) is 12.0. The average Bonchev–Trinajstić information content (AvgIpc) is 3.26. The van der Waals surface area contributed by atoms with Gasteiger partial charge in [-0.05, 0) is 48.4 Å². The topological polar surface area (TPSA) is 63.3 Å². The molecule has 1 N–H and O–H groups in total. The molecule has 186 valence electrons. The summed E-state index contributed by atoms with van der Waals surface area (Å²) in [5.74, 6) is 0.681. The Hall–Kier alpha value is -2.61. The quantitative estimate of drug-likeness (QED) is 0.270. The Kier molecular flexibility index (Phi) is 7.79. The Bertz CT molecular complexity index is 1380. The summed E-state index contributed by atoms with van der Waals surface area (Å²) in [5.41, 5.74) is 4.52. The van der Waals surface area contributed by atoms with Crippen molar-refractivity contribution in [3.05, 3.63) is 86.2 Å². The maximum atomic E-state index is 6.60. The van der Waals surface area contributed by atoms with Gasteiger partial charge in [-0.2, -0.15) is 5.10 Å². The summed E-state index contributed by atoms with van der Waals surface area (Å²) >= 11 is 19.2. The standard InChI is InChI=1S/C27H25Cl3N4O2/c1-17(27-23(29)14-31-15-24(27)30)36-20-5-7-26-21(13-20)25(32-33-26)6-4-19-3-2-18(12-22(19)28)16-34-8-10-35-11-9-34/h2-7,12-15,17H,8-11,16H2,1H3,(H,32,33)/b6-4+. The molecule has 1 fully saturated rings. The number of rotatable bonds is 7. The molecule has 5 rings (SSSR count). The number of nitrogens with one attached hydrogen (secondary N) is 1. The number of nitrogens with zero attached hydrogens (tertiary/aromatic N) is 3. The number of aromatic nitrogens is 3. The third-order valence-corrected chi connectivity index (χ3v) is 7.10. The SMILES string of the molecule is CC(Oc1ccc2[nH]nc(/C=C/c3ccc(CN4CCOCC4)cc3Cl)c2c1)c1c(Cl)cncc1Cl. The second-order valence-electron chi connectivity index (χ2n) is 8.67. The van der Waals surface area contributed by atoms with Gasteiger partial charge in [-0.25, -0.2) is 0 Å². The zero-order valence-electron chi connectivity index (χ0n) is 19.7. The van der Waals surface area contributed by atoms with Crippen molar-refractivity contribution in [2.75, 3.05) is 26.3 Å². The summed E-state index contributed by atoms with van der Waals surface area (Å²) in [7, 11) is 0. The second kappa shape index (κ2) is 11.2. The molecule has 1 aliphatic rings. The van der Waals surface area contributed by atoms with Gasteiger partial charge >= 0.3 is 0 Å². The van der Waals surface area contributed by atoms with E-state index in [1.807, 2.05) is 49.4 Å². The van der Waals surface area contributed by atoms with Crippen LogP contribution in [0.4, 0.5) is 0 Å². The van der Waals surface area contributed by atoms with Crippen molar-refractivity contribution in [2.24, 2.45) is 0 Å². The van der Waals surface area contributed by atoms with Gasteiger partial charge in [-0.1, -0.05) is 53.0 Å². The Balaban J connectivity index is 1.33. The van der Waals surface area contributed by atoms with Crippen LogP contribution < -0.4 is 4.74 Å². The predicted octanol–water partition coefficient (Wildman–Crippen LogP) is 7.06. The molecule has 6 nitrogen and oxygen atoms in total. The van der Waals surface area contributed by atoms with Crippen LogP contribution in [0.3, 0.4) is 0 Å². The van der Waals surface area contributed by atoms with Gasteiger partial charge in [0.25, 0.3) is 0 Å². The highest BCUT2D eigenvalue weighted by Gasteiger charge is 2.17. The first-order valence-electron chi connectivity index (χ1n) is 11.7. The van der Waals surface area contributed by atoms with Crippen molar-refractivity contribution >= 4 is 57.9 Å². The van der Waals surface area contributed by atoms with Crippen LogP contribution in [0.2, 0.25) is 15.1 Å². The van der Waals surface area contributed by atoms with Gasteiger partial charge in [0.15, 0.2) is 0 Å². The normalized spacial score (nSPS) is 15.6. The summed E-state index contributed by atoms with van der Waals surface area (Å²) in [4.78, 5) is 6.38. The molecule has 0 bridgehead atoms. The van der Waals surface area contributed by atoms with Gasteiger partial charge in [-0.3, -0.25) is 15.0 Å². The van der Waals surface area contributed by atoms with Crippen LogP contribution in [0.15, 0.2) is 48.8 Å². The Morgan fingerprint density at radius 1 is 1.03 bits per heavy atom. The van der Waals surface area contributed by atoms with Crippen LogP contribution in [0.25, 0.3) is 23.1 Å². The smallest absolute Gasteiger partial charge is 0.124 e. The van der Waals surface area contributed by atoms with Gasteiger partial charge < -0.3 is 9.47 Å². The van der Waals surface area contributed by atoms with E-state index < -0.39 is 0 Å². The molecule has 2 aromatic carbocycles. The molecule has 0 saturated carbocycles. The maximum absolute atomic E-state index is 6.60. The largest absolute Gasteiger partial charge is 0.486 e. The van der Waals surface area contributed by atoms with Crippen molar-refractivity contribution in [3.8, 4) is 5.75 Å². The molecule has 2 aromatic heterocycles. The predicted molar refractivity (Wildman–Crippen MR) is 146 cm³/mol. The number of fused-ring (bicyclic) bond motifs is 1. The van der Waals surface area contributed by atoms with E-state index in [4.69, 9.17) is 44.3 Å². The molecule has 0 spiro atoms. The van der Waals surface area contributed by atoms with Crippen molar-refractivity contribution < 1.29 is 9.47 Å². The van der Waals surface area contributed by atoms with Gasteiger partial charge in [0.05, 0.1) is 34.5 Å². The molecule has 1 unspecified atom stereocenters. The van der Waals surface area contributed by atoms with Gasteiger partial charge in [0, 0.05) is 48.0 Å². The zero-order chi connectivity index (χ0) is 25.1. The number of hydrogen-bond acceptors (Lipinski definition) is 5. The second-order valence-corrected chi connectivity index (χ2v) is 9.89. The molecule has 0 aliphatic carbocycles. The summed E-state index contributed by atoms with van der Waals surface area (Å²) < 4.78 is 11.6. The zero-order valence-corrected chi connectivity index (χ0v) is 21.9. The molecule has 0 amide bonds. The van der Waals surface area contributed by atoms with Crippen LogP contribution in [-0.4, -0.2) is 46.4 Å². The number of halogens is 3. The number of morpholine rings is 1. The van der Waals surface area contributed by atoms with E-state index in [1.165, 1.54) is 5.56 Å². The molecule has 1 saturated heterocycles. The van der Waals surface area contributed by atoms with Gasteiger partial charge in [0.1, 0.15) is 11.9 Å². The van der Waals surface area contributed by atoms with Crippen LogP contribution in [0.5, 0.6) is 5.75 Å². The molecule has 1 aliphatic heterocycles. The van der Waals surface area contributed by atoms with Crippen LogP contribution in [0.1, 0.15) is 35.4 Å². The first-order chi connectivity index (χ1) is 17.5. The van der Waals surface area contributed by atoms with Crippen LogP contribution >= 0.6 is 34.8 Å². The molecule has 36 heavy (non-hydrogen) atoms. The third kappa shape index (κ3) is 5.69. The van der Waals surface area contributed by atoms with Gasteiger partial charge in [0.2, 0.25) is 0 Å². The molecule has 0 radical (unpaired) electrons. The van der Waals surface area contributed by atoms with E-state index in [-0.39, 0.29) is 6.10 Å². The molecule has 9 heteroatoms. The molecule has 4 aromatic rings. The fourth-order valence-corrected chi connectivity index (χ4v) is 5.21. The minimum absolute atomic E-state index is 0.355. The fourth-order valence-electron chi connectivity index (χ4n) is 4.28. The van der Waals surface area contributed by atoms with E-state index >= 15 is 0 Å². The number of pyridine rings is 1. The number of hydrogen-bond donors (Lipinski definition) is 1. The fraction of sp³-hybridized carbons (Fsp3) is 0.259. The number of H-pyrrole nitrogens is 1. The summed E-state index contributed by atoms with van der Waals surface area (Å²) in [5, 5.41) is 10.1. The molecule has 1 atom stereocenters. The highest BCUT2D eigenvalue weighted by Crippen LogP contribution is 2.33. The van der Waals surface area contributed by atoms with Crippen molar-refractivity contribution in [2.45, 2.75) is 19.6 Å². The molecule has 3 heterocycles. The minimum Gasteiger partial charge on any atom is -0.486 e. The third-order valence-electron chi connectivity index (χ3n) is 6.17. The van der Waals surface area contributed by atoms with Gasteiger partial charge in [-0.15, -0.1) is 0 Å². The van der Waals surface area contributed by atoms with E-state index in [0.717, 1.165) is 55.0 Å². The maximum Gasteiger partial charge on any atom is 0.124 e. The lowest BCUT2D eigenvalue weighted by molar-refractivity contribution is 0.0342. The van der Waals surface area contributed by atoms with Crippen molar-refractivity contribution in [3.63, 3.8) is 0 Å². The minimum atomic E-state index is -0.355.